The van der Waals surface area contributed by atoms with Crippen molar-refractivity contribution < 1.29 is 23.9 Å². The summed E-state index contributed by atoms with van der Waals surface area (Å²) in [6.45, 7) is 9.36. The van der Waals surface area contributed by atoms with Crippen molar-refractivity contribution in [3.63, 3.8) is 0 Å². The molecule has 1 saturated heterocycles. The highest BCUT2D eigenvalue weighted by molar-refractivity contribution is 5.98. The van der Waals surface area contributed by atoms with Crippen LogP contribution in [0.15, 0.2) is 66.7 Å². The number of benzene rings is 3. The number of carbonyl (C=O) groups is 3. The van der Waals surface area contributed by atoms with Crippen LogP contribution in [0.1, 0.15) is 62.9 Å². The number of carbonyl (C=O) groups excluding carboxylic acids is 3. The van der Waals surface area contributed by atoms with Crippen molar-refractivity contribution in [3.05, 3.63) is 77.9 Å². The zero-order chi connectivity index (χ0) is 30.0. The molecular weight excluding hydrogens is 528 g/mol. The Morgan fingerprint density at radius 3 is 2.45 bits per heavy atom. The van der Waals surface area contributed by atoms with Crippen LogP contribution in [0.5, 0.6) is 5.75 Å². The van der Waals surface area contributed by atoms with Gasteiger partial charge in [-0.05, 0) is 73.0 Å². The number of nitrogens with zero attached hydrogens (tertiary/aromatic N) is 2. The van der Waals surface area contributed by atoms with E-state index in [0.29, 0.717) is 24.3 Å². The fraction of sp³-hybridized carbons (Fsp3) is 0.457. The Morgan fingerprint density at radius 1 is 0.976 bits per heavy atom. The monoisotopic (exact) mass is 570 g/mol. The fourth-order valence-corrected chi connectivity index (χ4v) is 7.21. The van der Waals surface area contributed by atoms with Crippen LogP contribution in [0.25, 0.3) is 10.8 Å². The molecule has 1 heterocycles. The first-order valence-electron chi connectivity index (χ1n) is 15.0. The van der Waals surface area contributed by atoms with Gasteiger partial charge in [0.05, 0.1) is 0 Å². The highest BCUT2D eigenvalue weighted by Crippen LogP contribution is 2.51. The van der Waals surface area contributed by atoms with E-state index in [-0.39, 0.29) is 47.2 Å². The summed E-state index contributed by atoms with van der Waals surface area (Å²) >= 11 is 0. The van der Waals surface area contributed by atoms with Crippen molar-refractivity contribution >= 4 is 28.6 Å². The molecule has 4 unspecified atom stereocenters. The zero-order valence-electron chi connectivity index (χ0n) is 25.3. The SMILES string of the molecule is CC(=O)Oc1cccc(C23CCN(C)CC2C(OC(C)=O)CC(N(CC(C)C)C(=O)c2ccc4ccccc4c2)C3)c1. The molecule has 5 rings (SSSR count). The zero-order valence-corrected chi connectivity index (χ0v) is 25.3. The average molecular weight is 571 g/mol. The summed E-state index contributed by atoms with van der Waals surface area (Å²) < 4.78 is 11.6. The molecule has 1 aliphatic heterocycles. The van der Waals surface area contributed by atoms with Gasteiger partial charge in [0.25, 0.3) is 5.91 Å². The average Bonchev–Trinajstić information content (AvgIpc) is 2.95. The smallest absolute Gasteiger partial charge is 0.308 e. The summed E-state index contributed by atoms with van der Waals surface area (Å²) in [5, 5.41) is 2.13. The quantitative estimate of drug-likeness (QED) is 0.262. The summed E-state index contributed by atoms with van der Waals surface area (Å²) in [5.41, 5.74) is 1.35. The van der Waals surface area contributed by atoms with Gasteiger partial charge in [0.2, 0.25) is 0 Å². The molecule has 0 N–H and O–H groups in total. The Kier molecular flexibility index (Phi) is 8.69. The number of amides is 1. The Hall–Kier alpha value is -3.71. The number of hydrogen-bond donors (Lipinski definition) is 0. The standard InChI is InChI=1S/C35H42N2O5/c1-23(2)21-37(34(40)28-14-13-26-9-6-7-10-27(26)17-28)30-19-33(42-25(4)39)32-22-36(5)16-15-35(32,20-30)29-11-8-12-31(18-29)41-24(3)38/h6-14,17-18,23,30,32-33H,15-16,19-22H2,1-5H3. The third-order valence-corrected chi connectivity index (χ3v) is 8.96. The number of hydrogen-bond acceptors (Lipinski definition) is 6. The third kappa shape index (κ3) is 6.21. The number of esters is 2. The lowest BCUT2D eigenvalue weighted by molar-refractivity contribution is -0.158. The number of rotatable bonds is 7. The normalized spacial score (nSPS) is 24.2. The van der Waals surface area contributed by atoms with Gasteiger partial charge in [-0.15, -0.1) is 0 Å². The third-order valence-electron chi connectivity index (χ3n) is 8.96. The van der Waals surface area contributed by atoms with E-state index in [1.165, 1.54) is 13.8 Å². The first-order chi connectivity index (χ1) is 20.1. The lowest BCUT2D eigenvalue weighted by atomic mass is 9.56. The van der Waals surface area contributed by atoms with Crippen LogP contribution in [0.2, 0.25) is 0 Å². The van der Waals surface area contributed by atoms with E-state index >= 15 is 0 Å². The lowest BCUT2D eigenvalue weighted by Gasteiger charge is -2.56. The molecule has 42 heavy (non-hydrogen) atoms. The Morgan fingerprint density at radius 2 is 1.74 bits per heavy atom. The van der Waals surface area contributed by atoms with Gasteiger partial charge in [0.15, 0.2) is 0 Å². The molecule has 3 aromatic carbocycles. The van der Waals surface area contributed by atoms with Crippen LogP contribution in [-0.4, -0.2) is 66.5 Å². The molecule has 3 aromatic rings. The molecule has 1 amide bonds. The van der Waals surface area contributed by atoms with E-state index in [9.17, 15) is 14.4 Å². The Balaban J connectivity index is 1.59. The van der Waals surface area contributed by atoms with Gasteiger partial charge in [-0.25, -0.2) is 0 Å². The van der Waals surface area contributed by atoms with E-state index in [4.69, 9.17) is 9.47 Å². The highest BCUT2D eigenvalue weighted by atomic mass is 16.5. The maximum atomic E-state index is 14.3. The molecule has 0 aromatic heterocycles. The van der Waals surface area contributed by atoms with Crippen molar-refractivity contribution in [1.29, 1.82) is 0 Å². The topological polar surface area (TPSA) is 76.2 Å². The molecule has 0 spiro atoms. The minimum atomic E-state index is -0.370. The maximum Gasteiger partial charge on any atom is 0.308 e. The summed E-state index contributed by atoms with van der Waals surface area (Å²) in [7, 11) is 2.10. The molecule has 222 valence electrons. The van der Waals surface area contributed by atoms with E-state index in [1.807, 2.05) is 59.5 Å². The summed E-state index contributed by atoms with van der Waals surface area (Å²) in [6, 6.07) is 21.6. The van der Waals surface area contributed by atoms with E-state index in [1.54, 1.807) is 6.07 Å². The van der Waals surface area contributed by atoms with Gasteiger partial charge in [0, 0.05) is 56.3 Å². The molecule has 2 fully saturated rings. The molecule has 0 radical (unpaired) electrons. The van der Waals surface area contributed by atoms with Gasteiger partial charge in [-0.3, -0.25) is 14.4 Å². The lowest BCUT2D eigenvalue weighted by Crippen LogP contribution is -2.62. The number of piperidine rings is 1. The summed E-state index contributed by atoms with van der Waals surface area (Å²) in [4.78, 5) is 42.9. The van der Waals surface area contributed by atoms with Gasteiger partial charge in [0.1, 0.15) is 11.9 Å². The van der Waals surface area contributed by atoms with Crippen LogP contribution in [0.3, 0.4) is 0 Å². The van der Waals surface area contributed by atoms with E-state index < -0.39 is 0 Å². The van der Waals surface area contributed by atoms with Crippen molar-refractivity contribution in [2.45, 2.75) is 64.5 Å². The van der Waals surface area contributed by atoms with Crippen LogP contribution < -0.4 is 4.74 Å². The molecule has 7 nitrogen and oxygen atoms in total. The van der Waals surface area contributed by atoms with Crippen LogP contribution >= 0.6 is 0 Å². The molecule has 2 aliphatic rings. The van der Waals surface area contributed by atoms with Crippen molar-refractivity contribution in [2.75, 3.05) is 26.7 Å². The number of likely N-dealkylation sites (tertiary alicyclic amines) is 1. The number of ether oxygens (including phenoxy) is 2. The molecule has 7 heteroatoms. The van der Waals surface area contributed by atoms with Gasteiger partial charge in [-0.2, -0.15) is 0 Å². The predicted molar refractivity (Wildman–Crippen MR) is 163 cm³/mol. The van der Waals surface area contributed by atoms with Crippen LogP contribution in [0.4, 0.5) is 0 Å². The molecule has 0 bridgehead atoms. The summed E-state index contributed by atoms with van der Waals surface area (Å²) in [5.74, 6) is 0.0991. The van der Waals surface area contributed by atoms with Crippen molar-refractivity contribution in [1.82, 2.24) is 9.80 Å². The van der Waals surface area contributed by atoms with Gasteiger partial charge >= 0.3 is 11.9 Å². The first kappa shape index (κ1) is 29.8. The second kappa shape index (κ2) is 12.3. The van der Waals surface area contributed by atoms with E-state index in [0.717, 1.165) is 42.3 Å². The molecule has 1 aliphatic carbocycles. The second-order valence-corrected chi connectivity index (χ2v) is 12.6. The minimum absolute atomic E-state index is 0.00350. The first-order valence-corrected chi connectivity index (χ1v) is 15.0. The minimum Gasteiger partial charge on any atom is -0.462 e. The number of fused-ring (bicyclic) bond motifs is 2. The van der Waals surface area contributed by atoms with Gasteiger partial charge in [-0.1, -0.05) is 56.3 Å². The molecule has 1 saturated carbocycles. The van der Waals surface area contributed by atoms with Crippen molar-refractivity contribution in [3.8, 4) is 5.75 Å². The molecular formula is C35H42N2O5. The highest BCUT2D eigenvalue weighted by Gasteiger charge is 2.54. The Bertz CT molecular complexity index is 1470. The summed E-state index contributed by atoms with van der Waals surface area (Å²) in [6.07, 6.45) is 1.79. The van der Waals surface area contributed by atoms with Crippen molar-refractivity contribution in [2.24, 2.45) is 11.8 Å². The Labute approximate surface area is 248 Å². The fourth-order valence-electron chi connectivity index (χ4n) is 7.21. The predicted octanol–water partition coefficient (Wildman–Crippen LogP) is 5.85. The largest absolute Gasteiger partial charge is 0.462 e. The maximum absolute atomic E-state index is 14.3. The van der Waals surface area contributed by atoms with E-state index in [2.05, 4.69) is 31.9 Å². The molecule has 4 atom stereocenters. The van der Waals surface area contributed by atoms with Gasteiger partial charge < -0.3 is 19.3 Å². The van der Waals surface area contributed by atoms with Crippen LogP contribution in [-0.2, 0) is 19.7 Å². The van der Waals surface area contributed by atoms with Crippen LogP contribution in [0, 0.1) is 11.8 Å². The second-order valence-electron chi connectivity index (χ2n) is 12.6.